The average molecular weight is 450 g/mol. The average Bonchev–Trinajstić information content (AvgIpc) is 3.45. The lowest BCUT2D eigenvalue weighted by Crippen LogP contribution is -2.47. The first-order valence-electron chi connectivity index (χ1n) is 10.4. The molecule has 0 radical (unpaired) electrons. The van der Waals surface area contributed by atoms with Gasteiger partial charge < -0.3 is 10.2 Å². The van der Waals surface area contributed by atoms with Crippen LogP contribution in [-0.2, 0) is 14.8 Å². The molecule has 0 spiro atoms. The summed E-state index contributed by atoms with van der Waals surface area (Å²) in [6.45, 7) is 2.03. The molecule has 4 rings (SSSR count). The molecule has 166 valence electrons. The fourth-order valence-electron chi connectivity index (χ4n) is 4.30. The van der Waals surface area contributed by atoms with Crippen LogP contribution in [0.15, 0.2) is 53.4 Å². The van der Waals surface area contributed by atoms with Crippen molar-refractivity contribution in [2.45, 2.75) is 30.2 Å². The highest BCUT2D eigenvalue weighted by atomic mass is 32.2. The van der Waals surface area contributed by atoms with E-state index < -0.39 is 27.7 Å². The predicted molar refractivity (Wildman–Crippen MR) is 113 cm³/mol. The summed E-state index contributed by atoms with van der Waals surface area (Å²) in [7, 11) is -3.72. The number of benzene rings is 2. The standard InChI is InChI=1S/C22H25F2N3O3S/c23-19-9-8-17(13-20(19)24)26-12-10-16(15-26)14-25-22(28)21-7-4-11-27(21)31(29,30)18-5-2-1-3-6-18/h1-3,5-6,8-9,13,16,21H,4,7,10-12,14-15H2,(H,25,28). The van der Waals surface area contributed by atoms with Gasteiger partial charge in [0.1, 0.15) is 6.04 Å². The first kappa shape index (κ1) is 21.7. The summed E-state index contributed by atoms with van der Waals surface area (Å²) in [4.78, 5) is 14.9. The highest BCUT2D eigenvalue weighted by Crippen LogP contribution is 2.27. The molecule has 0 aliphatic carbocycles. The van der Waals surface area contributed by atoms with Crippen LogP contribution in [0.2, 0.25) is 0 Å². The zero-order valence-electron chi connectivity index (χ0n) is 17.0. The number of sulfonamides is 1. The van der Waals surface area contributed by atoms with Gasteiger partial charge in [-0.15, -0.1) is 0 Å². The maximum absolute atomic E-state index is 13.5. The molecule has 0 bridgehead atoms. The van der Waals surface area contributed by atoms with E-state index in [0.29, 0.717) is 44.7 Å². The number of carbonyl (C=O) groups excluding carboxylic acids is 1. The van der Waals surface area contributed by atoms with Crippen molar-refractivity contribution in [1.82, 2.24) is 9.62 Å². The van der Waals surface area contributed by atoms with Gasteiger partial charge in [-0.3, -0.25) is 4.79 Å². The molecule has 2 aliphatic heterocycles. The van der Waals surface area contributed by atoms with Crippen LogP contribution in [0.25, 0.3) is 0 Å². The highest BCUT2D eigenvalue weighted by molar-refractivity contribution is 7.89. The Morgan fingerprint density at radius 1 is 1.03 bits per heavy atom. The van der Waals surface area contributed by atoms with Gasteiger partial charge in [-0.05, 0) is 49.4 Å². The molecule has 2 saturated heterocycles. The summed E-state index contributed by atoms with van der Waals surface area (Å²) in [5.74, 6) is -1.89. The second-order valence-electron chi connectivity index (χ2n) is 8.03. The van der Waals surface area contributed by atoms with Crippen LogP contribution in [0.3, 0.4) is 0 Å². The number of hydrogen-bond acceptors (Lipinski definition) is 4. The Kier molecular flexibility index (Phi) is 6.24. The van der Waals surface area contributed by atoms with Gasteiger partial charge in [0.05, 0.1) is 4.90 Å². The van der Waals surface area contributed by atoms with E-state index in [2.05, 4.69) is 5.32 Å². The molecule has 2 atom stereocenters. The predicted octanol–water partition coefficient (Wildman–Crippen LogP) is 2.76. The van der Waals surface area contributed by atoms with Gasteiger partial charge in [-0.2, -0.15) is 4.31 Å². The van der Waals surface area contributed by atoms with Gasteiger partial charge in [-0.25, -0.2) is 17.2 Å². The molecule has 2 unspecified atom stereocenters. The number of halogens is 2. The van der Waals surface area contributed by atoms with Crippen LogP contribution in [0.5, 0.6) is 0 Å². The third-order valence-corrected chi connectivity index (χ3v) is 7.90. The Morgan fingerprint density at radius 3 is 2.55 bits per heavy atom. The number of anilines is 1. The monoisotopic (exact) mass is 449 g/mol. The molecule has 2 heterocycles. The Bertz CT molecular complexity index is 1050. The molecule has 6 nitrogen and oxygen atoms in total. The number of amides is 1. The van der Waals surface area contributed by atoms with Crippen LogP contribution in [-0.4, -0.2) is 50.9 Å². The third-order valence-electron chi connectivity index (χ3n) is 5.98. The molecule has 0 saturated carbocycles. The van der Waals surface area contributed by atoms with E-state index in [1.165, 1.54) is 22.5 Å². The summed E-state index contributed by atoms with van der Waals surface area (Å²) in [6, 6.07) is 11.3. The third kappa shape index (κ3) is 4.57. The zero-order valence-corrected chi connectivity index (χ0v) is 17.8. The minimum atomic E-state index is -3.72. The summed E-state index contributed by atoms with van der Waals surface area (Å²) < 4.78 is 53.8. The first-order chi connectivity index (χ1) is 14.9. The van der Waals surface area contributed by atoms with Crippen molar-refractivity contribution in [2.75, 3.05) is 31.1 Å². The van der Waals surface area contributed by atoms with Gasteiger partial charge in [0.15, 0.2) is 11.6 Å². The lowest BCUT2D eigenvalue weighted by Gasteiger charge is -2.24. The van der Waals surface area contributed by atoms with E-state index in [0.717, 1.165) is 12.5 Å². The Balaban J connectivity index is 1.35. The Hall–Kier alpha value is -2.52. The van der Waals surface area contributed by atoms with Gasteiger partial charge in [0.2, 0.25) is 15.9 Å². The van der Waals surface area contributed by atoms with Crippen LogP contribution in [0.4, 0.5) is 14.5 Å². The molecule has 31 heavy (non-hydrogen) atoms. The topological polar surface area (TPSA) is 69.7 Å². The molecular formula is C22H25F2N3O3S. The van der Waals surface area contributed by atoms with E-state index in [-0.39, 0.29) is 16.7 Å². The number of rotatable bonds is 6. The fraction of sp³-hybridized carbons (Fsp3) is 0.409. The summed E-state index contributed by atoms with van der Waals surface area (Å²) in [5.41, 5.74) is 0.614. The normalized spacial score (nSPS) is 22.1. The largest absolute Gasteiger partial charge is 0.371 e. The molecule has 2 aliphatic rings. The molecule has 9 heteroatoms. The van der Waals surface area contributed by atoms with Crippen molar-refractivity contribution in [3.05, 3.63) is 60.2 Å². The highest BCUT2D eigenvalue weighted by Gasteiger charge is 2.39. The summed E-state index contributed by atoms with van der Waals surface area (Å²) >= 11 is 0. The van der Waals surface area contributed by atoms with Crippen molar-refractivity contribution < 1.29 is 22.0 Å². The van der Waals surface area contributed by atoms with Gasteiger partial charge >= 0.3 is 0 Å². The van der Waals surface area contributed by atoms with Gasteiger partial charge in [-0.1, -0.05) is 18.2 Å². The zero-order chi connectivity index (χ0) is 22.0. The van der Waals surface area contributed by atoms with E-state index in [4.69, 9.17) is 0 Å². The molecule has 2 aromatic rings. The van der Waals surface area contributed by atoms with Crippen LogP contribution >= 0.6 is 0 Å². The minimum absolute atomic E-state index is 0.151. The smallest absolute Gasteiger partial charge is 0.243 e. The lowest BCUT2D eigenvalue weighted by atomic mass is 10.1. The van der Waals surface area contributed by atoms with Crippen molar-refractivity contribution in [1.29, 1.82) is 0 Å². The maximum Gasteiger partial charge on any atom is 0.243 e. The quantitative estimate of drug-likeness (QED) is 0.736. The van der Waals surface area contributed by atoms with Crippen molar-refractivity contribution in [3.63, 3.8) is 0 Å². The number of nitrogens with one attached hydrogen (secondary N) is 1. The molecule has 0 aromatic heterocycles. The van der Waals surface area contributed by atoms with Crippen LogP contribution in [0.1, 0.15) is 19.3 Å². The molecular weight excluding hydrogens is 424 g/mol. The van der Waals surface area contributed by atoms with Crippen molar-refractivity contribution >= 4 is 21.6 Å². The number of carbonyl (C=O) groups is 1. The van der Waals surface area contributed by atoms with E-state index in [1.807, 2.05) is 4.90 Å². The molecule has 1 amide bonds. The number of nitrogens with zero attached hydrogens (tertiary/aromatic N) is 2. The Labute approximate surface area is 180 Å². The van der Waals surface area contributed by atoms with E-state index in [9.17, 15) is 22.0 Å². The Morgan fingerprint density at radius 2 is 1.81 bits per heavy atom. The number of hydrogen-bond donors (Lipinski definition) is 1. The second-order valence-corrected chi connectivity index (χ2v) is 9.92. The lowest BCUT2D eigenvalue weighted by molar-refractivity contribution is -0.124. The van der Waals surface area contributed by atoms with Gasteiger partial charge in [0, 0.05) is 37.9 Å². The van der Waals surface area contributed by atoms with E-state index >= 15 is 0 Å². The van der Waals surface area contributed by atoms with Crippen LogP contribution in [0, 0.1) is 17.6 Å². The summed E-state index contributed by atoms with van der Waals surface area (Å²) in [5, 5.41) is 2.91. The van der Waals surface area contributed by atoms with Crippen molar-refractivity contribution in [2.24, 2.45) is 5.92 Å². The first-order valence-corrected chi connectivity index (χ1v) is 11.8. The maximum atomic E-state index is 13.5. The summed E-state index contributed by atoms with van der Waals surface area (Å²) in [6.07, 6.45) is 1.93. The molecule has 2 aromatic carbocycles. The van der Waals surface area contributed by atoms with Gasteiger partial charge in [0.25, 0.3) is 0 Å². The fourth-order valence-corrected chi connectivity index (χ4v) is 5.97. The minimum Gasteiger partial charge on any atom is -0.371 e. The van der Waals surface area contributed by atoms with Crippen LogP contribution < -0.4 is 10.2 Å². The van der Waals surface area contributed by atoms with Crippen molar-refractivity contribution in [3.8, 4) is 0 Å². The molecule has 2 fully saturated rings. The molecule has 1 N–H and O–H groups in total. The SMILES string of the molecule is O=C(NCC1CCN(c2ccc(F)c(F)c2)C1)C1CCCN1S(=O)(=O)c1ccccc1. The second kappa shape index (κ2) is 8.92. The van der Waals surface area contributed by atoms with E-state index in [1.54, 1.807) is 24.3 Å².